The van der Waals surface area contributed by atoms with Crippen molar-refractivity contribution in [1.82, 2.24) is 0 Å². The maximum absolute atomic E-state index is 10.4. The molecule has 0 bridgehead atoms. The van der Waals surface area contributed by atoms with Crippen LogP contribution in [0.2, 0.25) is 0 Å². The Kier molecular flexibility index (Phi) is 7.71. The number of hydrogen-bond donors (Lipinski definition) is 0. The van der Waals surface area contributed by atoms with Gasteiger partial charge in [-0.2, -0.15) is 0 Å². The van der Waals surface area contributed by atoms with Crippen LogP contribution in [-0.4, -0.2) is 24.6 Å². The van der Waals surface area contributed by atoms with Crippen molar-refractivity contribution < 1.29 is 17.9 Å². The minimum absolute atomic E-state index is 0.257. The van der Waals surface area contributed by atoms with E-state index in [2.05, 4.69) is 97.7 Å². The second-order valence-electron chi connectivity index (χ2n) is 7.22. The third-order valence-electron chi connectivity index (χ3n) is 5.15. The molecule has 0 aromatic heterocycles. The quantitative estimate of drug-likeness (QED) is 0.186. The molecule has 0 radical (unpaired) electrons. The standard InChI is InChI=1S/C19H18P.C6H5NO5S/c1-20(17-11-5-2-6-12-17,18-13-7-3-8-14-18)19-15-9-4-10-16-19;8-7(9)5-1-3-6(4-2-5)13(10,11)12/h2-16H,1H3;1-4H,(H,10,11,12)/q+1;/p-1. The van der Waals surface area contributed by atoms with Crippen LogP contribution in [0.25, 0.3) is 0 Å². The third kappa shape index (κ3) is 5.90. The highest BCUT2D eigenvalue weighted by atomic mass is 32.2. The normalized spacial score (nSPS) is 11.2. The molecule has 0 N–H and O–H groups in total. The van der Waals surface area contributed by atoms with Gasteiger partial charge in [-0.05, 0) is 48.5 Å². The molecule has 0 fully saturated rings. The van der Waals surface area contributed by atoms with Crippen LogP contribution >= 0.6 is 7.26 Å². The Bertz CT molecular complexity index is 1200. The van der Waals surface area contributed by atoms with Gasteiger partial charge in [0, 0.05) is 12.1 Å². The fourth-order valence-electron chi connectivity index (χ4n) is 3.36. The average Bonchev–Trinajstić information content (AvgIpc) is 2.85. The molecule has 0 saturated carbocycles. The zero-order chi connectivity index (χ0) is 23.9. The number of benzene rings is 4. The van der Waals surface area contributed by atoms with Crippen molar-refractivity contribution in [1.29, 1.82) is 0 Å². The second-order valence-corrected chi connectivity index (χ2v) is 12.2. The highest BCUT2D eigenvalue weighted by Gasteiger charge is 2.39. The summed E-state index contributed by atoms with van der Waals surface area (Å²) in [5.74, 6) is 0. The molecule has 0 spiro atoms. The summed E-state index contributed by atoms with van der Waals surface area (Å²) in [7, 11) is -6.04. The Morgan fingerprint density at radius 3 is 1.24 bits per heavy atom. The van der Waals surface area contributed by atoms with Gasteiger partial charge < -0.3 is 4.55 Å². The summed E-state index contributed by atoms with van der Waals surface area (Å²) in [5.41, 5.74) is -0.257. The van der Waals surface area contributed by atoms with E-state index in [1.807, 2.05) is 0 Å². The summed E-state index contributed by atoms with van der Waals surface area (Å²) in [6.07, 6.45) is 0. The topological polar surface area (TPSA) is 100 Å². The summed E-state index contributed by atoms with van der Waals surface area (Å²) in [6.45, 7) is 2.41. The predicted octanol–water partition coefficient (Wildman–Crippen LogP) is 4.11. The minimum atomic E-state index is -4.52. The summed E-state index contributed by atoms with van der Waals surface area (Å²) in [5, 5.41) is 14.4. The van der Waals surface area contributed by atoms with Gasteiger partial charge in [-0.3, -0.25) is 10.1 Å². The predicted molar refractivity (Wildman–Crippen MR) is 132 cm³/mol. The number of nitro groups is 1. The van der Waals surface area contributed by atoms with Crippen LogP contribution in [0.1, 0.15) is 0 Å². The Hall–Kier alpha value is -3.38. The van der Waals surface area contributed by atoms with Crippen LogP contribution in [0.15, 0.2) is 120 Å². The molecule has 33 heavy (non-hydrogen) atoms. The van der Waals surface area contributed by atoms with Gasteiger partial charge in [0.25, 0.3) is 5.69 Å². The van der Waals surface area contributed by atoms with E-state index < -0.39 is 27.2 Å². The van der Waals surface area contributed by atoms with E-state index in [-0.39, 0.29) is 5.69 Å². The van der Waals surface area contributed by atoms with E-state index in [1.165, 1.54) is 15.9 Å². The van der Waals surface area contributed by atoms with Crippen LogP contribution in [0.5, 0.6) is 0 Å². The van der Waals surface area contributed by atoms with Gasteiger partial charge in [0.05, 0.1) is 16.5 Å². The number of non-ortho nitro benzene ring substituents is 1. The van der Waals surface area contributed by atoms with E-state index in [9.17, 15) is 23.1 Å². The molecule has 0 amide bonds. The first-order valence-electron chi connectivity index (χ1n) is 9.96. The van der Waals surface area contributed by atoms with Gasteiger partial charge in [0.1, 0.15) is 33.3 Å². The number of hydrogen-bond acceptors (Lipinski definition) is 5. The molecule has 0 aliphatic carbocycles. The Morgan fingerprint density at radius 1 is 0.636 bits per heavy atom. The number of rotatable bonds is 5. The van der Waals surface area contributed by atoms with Crippen molar-refractivity contribution in [3.63, 3.8) is 0 Å². The second kappa shape index (κ2) is 10.5. The van der Waals surface area contributed by atoms with Crippen LogP contribution < -0.4 is 15.9 Å². The molecule has 0 aliphatic rings. The highest BCUT2D eigenvalue weighted by molar-refractivity contribution is 7.95. The summed E-state index contributed by atoms with van der Waals surface area (Å²) < 4.78 is 31.2. The van der Waals surface area contributed by atoms with Gasteiger partial charge in [0.15, 0.2) is 0 Å². The summed E-state index contributed by atoms with van der Waals surface area (Å²) >= 11 is 0. The van der Waals surface area contributed by atoms with E-state index >= 15 is 0 Å². The molecular weight excluding hydrogens is 457 g/mol. The van der Waals surface area contributed by atoms with Crippen molar-refractivity contribution in [2.24, 2.45) is 0 Å². The maximum atomic E-state index is 10.4. The van der Waals surface area contributed by atoms with E-state index in [1.54, 1.807) is 0 Å². The SMILES string of the molecule is C[P+](c1ccccc1)(c1ccccc1)c1ccccc1.O=[N+]([O-])c1ccc(S(=O)(=O)[O-])cc1. The van der Waals surface area contributed by atoms with E-state index in [0.29, 0.717) is 0 Å². The van der Waals surface area contributed by atoms with Gasteiger partial charge in [-0.1, -0.05) is 54.6 Å². The molecule has 6 nitrogen and oxygen atoms in total. The first-order valence-corrected chi connectivity index (χ1v) is 13.6. The Morgan fingerprint density at radius 2 is 0.970 bits per heavy atom. The lowest BCUT2D eigenvalue weighted by Crippen LogP contribution is -2.30. The highest BCUT2D eigenvalue weighted by Crippen LogP contribution is 2.51. The van der Waals surface area contributed by atoms with Crippen LogP contribution in [0.4, 0.5) is 5.69 Å². The smallest absolute Gasteiger partial charge is 0.269 e. The van der Waals surface area contributed by atoms with Crippen LogP contribution in [0.3, 0.4) is 0 Å². The van der Waals surface area contributed by atoms with Crippen molar-refractivity contribution in [2.45, 2.75) is 4.90 Å². The molecular formula is C25H22NO5PS. The molecule has 168 valence electrons. The lowest BCUT2D eigenvalue weighted by atomic mass is 10.3. The minimum Gasteiger partial charge on any atom is -0.744 e. The van der Waals surface area contributed by atoms with Crippen molar-refractivity contribution >= 4 is 39.0 Å². The Labute approximate surface area is 193 Å². The molecule has 4 rings (SSSR count). The molecule has 8 heteroatoms. The fraction of sp³-hybridized carbons (Fsp3) is 0.0400. The van der Waals surface area contributed by atoms with Crippen LogP contribution in [-0.2, 0) is 10.1 Å². The largest absolute Gasteiger partial charge is 0.744 e. The van der Waals surface area contributed by atoms with Gasteiger partial charge >= 0.3 is 0 Å². The summed E-state index contributed by atoms with van der Waals surface area (Å²) in [6, 6.07) is 36.4. The lowest BCUT2D eigenvalue weighted by molar-refractivity contribution is -0.384. The third-order valence-corrected chi connectivity index (χ3v) is 10.00. The zero-order valence-corrected chi connectivity index (χ0v) is 19.5. The molecule has 0 heterocycles. The molecule has 4 aromatic carbocycles. The molecule has 0 aliphatic heterocycles. The fourth-order valence-corrected chi connectivity index (χ4v) is 7.03. The first-order chi connectivity index (χ1) is 15.7. The monoisotopic (exact) mass is 479 g/mol. The van der Waals surface area contributed by atoms with E-state index in [0.717, 1.165) is 24.3 Å². The number of nitrogens with zero attached hydrogens (tertiary/aromatic N) is 1. The van der Waals surface area contributed by atoms with Gasteiger partial charge in [-0.25, -0.2) is 8.42 Å². The number of nitro benzene ring substituents is 1. The molecule has 0 atom stereocenters. The Balaban J connectivity index is 0.000000205. The zero-order valence-electron chi connectivity index (χ0n) is 17.8. The van der Waals surface area contributed by atoms with Crippen molar-refractivity contribution in [3.05, 3.63) is 125 Å². The lowest BCUT2D eigenvalue weighted by Gasteiger charge is -2.22. The van der Waals surface area contributed by atoms with Gasteiger partial charge in [-0.15, -0.1) is 0 Å². The van der Waals surface area contributed by atoms with Gasteiger partial charge in [0.2, 0.25) is 0 Å². The van der Waals surface area contributed by atoms with Crippen molar-refractivity contribution in [3.8, 4) is 0 Å². The summed E-state index contributed by atoms with van der Waals surface area (Å²) in [4.78, 5) is 8.99. The maximum Gasteiger partial charge on any atom is 0.269 e. The van der Waals surface area contributed by atoms with Crippen LogP contribution in [0, 0.1) is 10.1 Å². The van der Waals surface area contributed by atoms with E-state index in [4.69, 9.17) is 0 Å². The van der Waals surface area contributed by atoms with Crippen molar-refractivity contribution in [2.75, 3.05) is 6.66 Å². The molecule has 0 unspecified atom stereocenters. The first kappa shape index (κ1) is 24.3. The molecule has 0 saturated heterocycles. The molecule has 4 aromatic rings. The average molecular weight is 479 g/mol.